The molecule has 3 nitrogen and oxygen atoms in total. The number of nitrogens with two attached hydrogens (primary N) is 1. The van der Waals surface area contributed by atoms with Crippen molar-refractivity contribution in [1.29, 1.82) is 0 Å². The molecule has 5 heteroatoms. The number of halogens is 2. The van der Waals surface area contributed by atoms with Gasteiger partial charge in [-0.1, -0.05) is 0 Å². The third-order valence-electron chi connectivity index (χ3n) is 1.54. The van der Waals surface area contributed by atoms with E-state index in [4.69, 9.17) is 5.73 Å². The van der Waals surface area contributed by atoms with Crippen molar-refractivity contribution in [2.45, 2.75) is 32.2 Å². The molecule has 0 heterocycles. The summed E-state index contributed by atoms with van der Waals surface area (Å²) in [5.74, 6) is -0.236. The zero-order valence-electron chi connectivity index (χ0n) is 7.23. The number of amides is 1. The molecule has 0 aromatic heterocycles. The molecule has 1 amide bonds. The summed E-state index contributed by atoms with van der Waals surface area (Å²) in [6.45, 7) is 2.78. The number of hydrogen-bond acceptors (Lipinski definition) is 2. The molecular weight excluding hydrogens is 166 g/mol. The third kappa shape index (κ3) is 4.23. The van der Waals surface area contributed by atoms with Crippen LogP contribution in [0.4, 0.5) is 8.78 Å². The van der Waals surface area contributed by atoms with Crippen molar-refractivity contribution in [2.24, 2.45) is 5.73 Å². The Morgan fingerprint density at radius 2 is 2.17 bits per heavy atom. The van der Waals surface area contributed by atoms with Crippen LogP contribution in [-0.2, 0) is 4.79 Å². The van der Waals surface area contributed by atoms with Crippen LogP contribution in [0.1, 0.15) is 20.3 Å². The predicted molar refractivity (Wildman–Crippen MR) is 41.9 cm³/mol. The van der Waals surface area contributed by atoms with E-state index in [0.717, 1.165) is 0 Å². The van der Waals surface area contributed by atoms with Gasteiger partial charge in [0.25, 0.3) is 6.43 Å². The van der Waals surface area contributed by atoms with Crippen LogP contribution < -0.4 is 11.1 Å². The summed E-state index contributed by atoms with van der Waals surface area (Å²) in [7, 11) is 0. The Labute approximate surface area is 70.3 Å². The minimum Gasteiger partial charge on any atom is -0.356 e. The molecule has 0 saturated carbocycles. The van der Waals surface area contributed by atoms with Gasteiger partial charge in [0.05, 0.1) is 5.54 Å². The predicted octanol–water partition coefficient (Wildman–Crippen LogP) is 0.495. The van der Waals surface area contributed by atoms with Crippen LogP contribution >= 0.6 is 0 Å². The van der Waals surface area contributed by atoms with Gasteiger partial charge >= 0.3 is 0 Å². The first-order valence-corrected chi connectivity index (χ1v) is 3.68. The summed E-state index contributed by atoms with van der Waals surface area (Å²) >= 11 is 0. The maximum atomic E-state index is 12.1. The summed E-state index contributed by atoms with van der Waals surface area (Å²) in [5.41, 5.74) is 3.73. The molecule has 0 rings (SSSR count). The van der Waals surface area contributed by atoms with Crippen LogP contribution in [0, 0.1) is 0 Å². The highest BCUT2D eigenvalue weighted by atomic mass is 19.3. The van der Waals surface area contributed by atoms with Gasteiger partial charge in [-0.25, -0.2) is 8.78 Å². The van der Waals surface area contributed by atoms with E-state index in [0.29, 0.717) is 0 Å². The van der Waals surface area contributed by atoms with Crippen molar-refractivity contribution in [3.05, 3.63) is 0 Å². The summed E-state index contributed by atoms with van der Waals surface area (Å²) in [6, 6.07) is 0. The van der Waals surface area contributed by atoms with Crippen LogP contribution in [0.2, 0.25) is 0 Å². The topological polar surface area (TPSA) is 55.1 Å². The Balaban J connectivity index is 3.69. The van der Waals surface area contributed by atoms with Gasteiger partial charge < -0.3 is 11.1 Å². The molecule has 0 aromatic carbocycles. The molecule has 0 aliphatic rings. The van der Waals surface area contributed by atoms with Gasteiger partial charge in [0.15, 0.2) is 0 Å². The van der Waals surface area contributed by atoms with E-state index in [1.807, 2.05) is 0 Å². The van der Waals surface area contributed by atoms with Gasteiger partial charge in [-0.2, -0.15) is 0 Å². The standard InChI is InChI=1S/C7H14F2N2O/c1-5(12)11-4-3-7(2,10)6(8)9/h6H,3-4,10H2,1-2H3,(H,11,12). The molecule has 3 N–H and O–H groups in total. The second-order valence-electron chi connectivity index (χ2n) is 3.04. The fraction of sp³-hybridized carbons (Fsp3) is 0.857. The maximum absolute atomic E-state index is 12.1. The van der Waals surface area contributed by atoms with Crippen LogP contribution in [-0.4, -0.2) is 24.4 Å². The van der Waals surface area contributed by atoms with E-state index < -0.39 is 12.0 Å². The van der Waals surface area contributed by atoms with Crippen LogP contribution in [0.5, 0.6) is 0 Å². The van der Waals surface area contributed by atoms with Gasteiger partial charge in [-0.15, -0.1) is 0 Å². The Morgan fingerprint density at radius 1 is 1.67 bits per heavy atom. The Kier molecular flexibility index (Phi) is 4.09. The Bertz CT molecular complexity index is 159. The molecule has 0 bridgehead atoms. The minimum atomic E-state index is -2.56. The van der Waals surface area contributed by atoms with Crippen LogP contribution in [0.3, 0.4) is 0 Å². The molecule has 0 fully saturated rings. The first-order chi connectivity index (χ1) is 5.36. The third-order valence-corrected chi connectivity index (χ3v) is 1.54. The van der Waals surface area contributed by atoms with E-state index in [9.17, 15) is 13.6 Å². The second kappa shape index (κ2) is 4.35. The van der Waals surface area contributed by atoms with Gasteiger partial charge in [0.1, 0.15) is 0 Å². The molecule has 0 spiro atoms. The molecule has 0 saturated heterocycles. The molecule has 72 valence electrons. The minimum absolute atomic E-state index is 0.0737. The summed E-state index contributed by atoms with van der Waals surface area (Å²) < 4.78 is 24.2. The molecule has 12 heavy (non-hydrogen) atoms. The van der Waals surface area contributed by atoms with E-state index in [1.54, 1.807) is 0 Å². The highest BCUT2D eigenvalue weighted by Gasteiger charge is 2.29. The first kappa shape index (κ1) is 11.3. The van der Waals surface area contributed by atoms with Crippen LogP contribution in [0.25, 0.3) is 0 Å². The van der Waals surface area contributed by atoms with E-state index in [1.165, 1.54) is 13.8 Å². The van der Waals surface area contributed by atoms with Crippen molar-refractivity contribution in [3.63, 3.8) is 0 Å². The lowest BCUT2D eigenvalue weighted by Crippen LogP contribution is -2.46. The number of rotatable bonds is 4. The normalized spacial score (nSPS) is 15.8. The molecule has 0 aliphatic heterocycles. The highest BCUT2D eigenvalue weighted by molar-refractivity contribution is 5.72. The van der Waals surface area contributed by atoms with Gasteiger partial charge in [0, 0.05) is 13.5 Å². The quantitative estimate of drug-likeness (QED) is 0.661. The number of alkyl halides is 2. The largest absolute Gasteiger partial charge is 0.356 e. The molecular formula is C7H14F2N2O. The van der Waals surface area contributed by atoms with E-state index >= 15 is 0 Å². The van der Waals surface area contributed by atoms with Gasteiger partial charge in [-0.05, 0) is 13.3 Å². The lowest BCUT2D eigenvalue weighted by molar-refractivity contribution is -0.119. The SMILES string of the molecule is CC(=O)NCCC(C)(N)C(F)F. The monoisotopic (exact) mass is 180 g/mol. The van der Waals surface area contributed by atoms with Crippen molar-refractivity contribution >= 4 is 5.91 Å². The number of carbonyl (C=O) groups is 1. The molecule has 0 radical (unpaired) electrons. The second-order valence-corrected chi connectivity index (χ2v) is 3.04. The molecule has 1 unspecified atom stereocenters. The maximum Gasteiger partial charge on any atom is 0.256 e. The zero-order chi connectivity index (χ0) is 9.78. The van der Waals surface area contributed by atoms with Crippen molar-refractivity contribution in [1.82, 2.24) is 5.32 Å². The van der Waals surface area contributed by atoms with Crippen LogP contribution in [0.15, 0.2) is 0 Å². The Morgan fingerprint density at radius 3 is 2.50 bits per heavy atom. The van der Waals surface area contributed by atoms with E-state index in [-0.39, 0.29) is 18.9 Å². The smallest absolute Gasteiger partial charge is 0.256 e. The Hall–Kier alpha value is -0.710. The van der Waals surface area contributed by atoms with Crippen molar-refractivity contribution < 1.29 is 13.6 Å². The van der Waals surface area contributed by atoms with Gasteiger partial charge in [0.2, 0.25) is 5.91 Å². The van der Waals surface area contributed by atoms with Gasteiger partial charge in [-0.3, -0.25) is 4.79 Å². The number of nitrogens with one attached hydrogen (secondary N) is 1. The molecule has 1 atom stereocenters. The summed E-state index contributed by atoms with van der Waals surface area (Å²) in [4.78, 5) is 10.4. The first-order valence-electron chi connectivity index (χ1n) is 3.68. The summed E-state index contributed by atoms with van der Waals surface area (Å²) in [6.07, 6.45) is -2.49. The lowest BCUT2D eigenvalue weighted by Gasteiger charge is -2.23. The zero-order valence-corrected chi connectivity index (χ0v) is 7.23. The number of carbonyl (C=O) groups excluding carboxylic acids is 1. The number of hydrogen-bond donors (Lipinski definition) is 2. The fourth-order valence-electron chi connectivity index (χ4n) is 0.617. The van der Waals surface area contributed by atoms with Crippen molar-refractivity contribution in [2.75, 3.05) is 6.54 Å². The average Bonchev–Trinajstić information content (AvgIpc) is 1.85. The molecule has 0 aliphatic carbocycles. The highest BCUT2D eigenvalue weighted by Crippen LogP contribution is 2.14. The molecule has 0 aromatic rings. The fourth-order valence-corrected chi connectivity index (χ4v) is 0.617. The summed E-state index contributed by atoms with van der Waals surface area (Å²) in [5, 5.41) is 2.40. The average molecular weight is 180 g/mol. The van der Waals surface area contributed by atoms with E-state index in [2.05, 4.69) is 5.32 Å². The van der Waals surface area contributed by atoms with Crippen molar-refractivity contribution in [3.8, 4) is 0 Å². The lowest BCUT2D eigenvalue weighted by atomic mass is 10.0.